The summed E-state index contributed by atoms with van der Waals surface area (Å²) in [5, 5.41) is 8.52. The van der Waals surface area contributed by atoms with E-state index < -0.39 is 0 Å². The van der Waals surface area contributed by atoms with Crippen LogP contribution in [0.5, 0.6) is 0 Å². The second-order valence-corrected chi connectivity index (χ2v) is 6.54. The molecule has 0 radical (unpaired) electrons. The molecule has 0 spiro atoms. The van der Waals surface area contributed by atoms with Gasteiger partial charge in [-0.05, 0) is 30.2 Å². The number of aromatic nitrogens is 2. The summed E-state index contributed by atoms with van der Waals surface area (Å²) in [6.07, 6.45) is 3.35. The molecule has 2 aromatic rings. The Labute approximate surface area is 135 Å². The van der Waals surface area contributed by atoms with Crippen LogP contribution in [0.25, 0.3) is 0 Å². The van der Waals surface area contributed by atoms with Crippen molar-refractivity contribution in [1.29, 1.82) is 0 Å². The van der Waals surface area contributed by atoms with Gasteiger partial charge < -0.3 is 14.2 Å². The van der Waals surface area contributed by atoms with Crippen LogP contribution in [0.4, 0.5) is 5.82 Å². The van der Waals surface area contributed by atoms with E-state index in [4.69, 9.17) is 4.42 Å². The first-order valence-corrected chi connectivity index (χ1v) is 7.98. The van der Waals surface area contributed by atoms with E-state index in [2.05, 4.69) is 10.2 Å². The minimum absolute atomic E-state index is 0.0748. The first-order valence-electron chi connectivity index (χ1n) is 7.98. The van der Waals surface area contributed by atoms with Crippen molar-refractivity contribution >= 4 is 11.7 Å². The zero-order valence-corrected chi connectivity index (χ0v) is 13.4. The van der Waals surface area contributed by atoms with Crippen LogP contribution in [0, 0.1) is 5.92 Å². The summed E-state index contributed by atoms with van der Waals surface area (Å²) in [6.45, 7) is 1.36. The fourth-order valence-corrected chi connectivity index (χ4v) is 3.24. The molecule has 6 nitrogen and oxygen atoms in total. The Hall–Kier alpha value is -2.37. The summed E-state index contributed by atoms with van der Waals surface area (Å²) >= 11 is 0. The Bertz CT molecular complexity index is 726. The first kappa shape index (κ1) is 14.2. The van der Waals surface area contributed by atoms with Crippen molar-refractivity contribution in [2.75, 3.05) is 25.5 Å². The number of carbonyl (C=O) groups excluding carboxylic acids is 1. The lowest BCUT2D eigenvalue weighted by Gasteiger charge is -2.28. The number of amides is 1. The Morgan fingerprint density at radius 1 is 1.39 bits per heavy atom. The number of hydrogen-bond acceptors (Lipinski definition) is 5. The summed E-state index contributed by atoms with van der Waals surface area (Å²) in [7, 11) is 3.89. The Morgan fingerprint density at radius 2 is 2.26 bits per heavy atom. The largest absolute Gasteiger partial charge is 0.469 e. The number of rotatable bonds is 3. The maximum Gasteiger partial charge on any atom is 0.226 e. The topological polar surface area (TPSA) is 62.5 Å². The summed E-state index contributed by atoms with van der Waals surface area (Å²) in [4.78, 5) is 16.6. The standard InChI is InChI=1S/C17H20N4O2/c1-20(2)16-8-11-10-21(6-5-14(11)18-19-16)17(22)13-9-12(13)15-4-3-7-23-15/h3-4,7-8,12-13H,5-6,9-10H2,1-2H3/t12-,13+/m0/s1. The average molecular weight is 312 g/mol. The number of fused-ring (bicyclic) bond motifs is 1. The van der Waals surface area contributed by atoms with Gasteiger partial charge in [-0.2, -0.15) is 5.10 Å². The Morgan fingerprint density at radius 3 is 3.00 bits per heavy atom. The average Bonchev–Trinajstić information content (AvgIpc) is 3.17. The molecular formula is C17H20N4O2. The van der Waals surface area contributed by atoms with E-state index >= 15 is 0 Å². The highest BCUT2D eigenvalue weighted by Crippen LogP contribution is 2.48. The lowest BCUT2D eigenvalue weighted by Crippen LogP contribution is -2.37. The van der Waals surface area contributed by atoms with Crippen molar-refractivity contribution in [3.8, 4) is 0 Å². The molecule has 1 saturated carbocycles. The molecule has 3 heterocycles. The molecule has 6 heteroatoms. The normalized spacial score (nSPS) is 22.6. The van der Waals surface area contributed by atoms with Crippen LogP contribution in [-0.2, 0) is 17.8 Å². The van der Waals surface area contributed by atoms with Crippen LogP contribution in [-0.4, -0.2) is 41.6 Å². The Kier molecular flexibility index (Phi) is 3.32. The lowest BCUT2D eigenvalue weighted by atomic mass is 10.1. The van der Waals surface area contributed by atoms with Crippen molar-refractivity contribution in [1.82, 2.24) is 15.1 Å². The molecule has 0 aromatic carbocycles. The summed E-state index contributed by atoms with van der Waals surface area (Å²) in [6, 6.07) is 5.88. The van der Waals surface area contributed by atoms with E-state index in [1.54, 1.807) is 6.26 Å². The third-order valence-electron chi connectivity index (χ3n) is 4.71. The van der Waals surface area contributed by atoms with Gasteiger partial charge in [0.15, 0.2) is 5.82 Å². The molecular weight excluding hydrogens is 292 g/mol. The molecule has 120 valence electrons. The van der Waals surface area contributed by atoms with E-state index in [0.717, 1.165) is 42.2 Å². The predicted octanol–water partition coefficient (Wildman–Crippen LogP) is 1.82. The monoisotopic (exact) mass is 312 g/mol. The lowest BCUT2D eigenvalue weighted by molar-refractivity contribution is -0.133. The van der Waals surface area contributed by atoms with E-state index in [0.29, 0.717) is 6.54 Å². The molecule has 1 fully saturated rings. The zero-order chi connectivity index (χ0) is 16.0. The third kappa shape index (κ3) is 2.58. The van der Waals surface area contributed by atoms with Crippen LogP contribution in [0.2, 0.25) is 0 Å². The van der Waals surface area contributed by atoms with Gasteiger partial charge in [-0.15, -0.1) is 5.10 Å². The second kappa shape index (κ2) is 5.37. The van der Waals surface area contributed by atoms with Crippen molar-refractivity contribution in [2.24, 2.45) is 5.92 Å². The number of anilines is 1. The third-order valence-corrected chi connectivity index (χ3v) is 4.71. The van der Waals surface area contributed by atoms with Gasteiger partial charge in [0.2, 0.25) is 5.91 Å². The SMILES string of the molecule is CN(C)c1cc2c(nn1)CCN(C(=O)[C@@H]1C[C@@H]1c1ccco1)C2. The highest BCUT2D eigenvalue weighted by molar-refractivity contribution is 5.83. The quantitative estimate of drug-likeness (QED) is 0.865. The minimum atomic E-state index is 0.0748. The smallest absolute Gasteiger partial charge is 0.226 e. The van der Waals surface area contributed by atoms with Gasteiger partial charge in [0, 0.05) is 45.4 Å². The molecule has 2 atom stereocenters. The number of furan rings is 1. The summed E-state index contributed by atoms with van der Waals surface area (Å²) in [5.74, 6) is 2.33. The van der Waals surface area contributed by atoms with Crippen molar-refractivity contribution in [3.05, 3.63) is 41.5 Å². The highest BCUT2D eigenvalue weighted by atomic mass is 16.3. The molecule has 2 aliphatic rings. The molecule has 0 saturated heterocycles. The van der Waals surface area contributed by atoms with Gasteiger partial charge >= 0.3 is 0 Å². The molecule has 1 aliphatic heterocycles. The van der Waals surface area contributed by atoms with Crippen molar-refractivity contribution in [3.63, 3.8) is 0 Å². The highest BCUT2D eigenvalue weighted by Gasteiger charge is 2.47. The molecule has 0 N–H and O–H groups in total. The Balaban J connectivity index is 1.47. The van der Waals surface area contributed by atoms with Gasteiger partial charge in [0.05, 0.1) is 12.0 Å². The molecule has 1 amide bonds. The fourth-order valence-electron chi connectivity index (χ4n) is 3.24. The number of nitrogens with zero attached hydrogens (tertiary/aromatic N) is 4. The van der Waals surface area contributed by atoms with Crippen LogP contribution in [0.1, 0.15) is 29.4 Å². The van der Waals surface area contributed by atoms with Gasteiger partial charge in [-0.1, -0.05) is 0 Å². The van der Waals surface area contributed by atoms with Crippen LogP contribution in [0.15, 0.2) is 28.9 Å². The zero-order valence-electron chi connectivity index (χ0n) is 13.4. The molecule has 1 aliphatic carbocycles. The van der Waals surface area contributed by atoms with Gasteiger partial charge in [0.1, 0.15) is 5.76 Å². The summed E-state index contributed by atoms with van der Waals surface area (Å²) < 4.78 is 5.43. The van der Waals surface area contributed by atoms with E-state index in [1.807, 2.05) is 42.1 Å². The van der Waals surface area contributed by atoms with E-state index in [-0.39, 0.29) is 17.7 Å². The van der Waals surface area contributed by atoms with Crippen molar-refractivity contribution in [2.45, 2.75) is 25.3 Å². The summed E-state index contributed by atoms with van der Waals surface area (Å²) in [5.41, 5.74) is 2.12. The van der Waals surface area contributed by atoms with E-state index in [9.17, 15) is 4.79 Å². The van der Waals surface area contributed by atoms with Gasteiger partial charge in [0.25, 0.3) is 0 Å². The number of hydrogen-bond donors (Lipinski definition) is 0. The van der Waals surface area contributed by atoms with Gasteiger partial charge in [-0.25, -0.2) is 0 Å². The molecule has 0 unspecified atom stereocenters. The second-order valence-electron chi connectivity index (χ2n) is 6.54. The van der Waals surface area contributed by atoms with Crippen molar-refractivity contribution < 1.29 is 9.21 Å². The van der Waals surface area contributed by atoms with Gasteiger partial charge in [-0.3, -0.25) is 4.79 Å². The fraction of sp³-hybridized carbons (Fsp3) is 0.471. The molecule has 2 aromatic heterocycles. The molecule has 23 heavy (non-hydrogen) atoms. The first-order chi connectivity index (χ1) is 11.1. The van der Waals surface area contributed by atoms with Crippen LogP contribution >= 0.6 is 0 Å². The van der Waals surface area contributed by atoms with Crippen LogP contribution in [0.3, 0.4) is 0 Å². The molecule has 0 bridgehead atoms. The maximum absolute atomic E-state index is 12.7. The minimum Gasteiger partial charge on any atom is -0.469 e. The maximum atomic E-state index is 12.7. The van der Waals surface area contributed by atoms with Crippen LogP contribution < -0.4 is 4.90 Å². The van der Waals surface area contributed by atoms with E-state index in [1.165, 1.54) is 0 Å². The predicted molar refractivity (Wildman–Crippen MR) is 85.0 cm³/mol. The molecule has 4 rings (SSSR count). The number of carbonyl (C=O) groups is 1.